The molecule has 0 bridgehead atoms. The summed E-state index contributed by atoms with van der Waals surface area (Å²) in [7, 11) is -4.38. The maximum absolute atomic E-state index is 10.3. The fourth-order valence-corrected chi connectivity index (χ4v) is 1.59. The first-order valence-electron chi connectivity index (χ1n) is 4.92. The van der Waals surface area contributed by atoms with Gasteiger partial charge in [-0.3, -0.25) is 4.55 Å². The Morgan fingerprint density at radius 3 is 2.67 bits per heavy atom. The standard InChI is InChI=1S/C9H9N3O5S/c13-18(14,15)17-6-5-12-3-1-8(2-4-12)9-10-7-16-11-9/h1-4,7H,5-6H2/p+1. The third-order valence-electron chi connectivity index (χ3n) is 2.09. The van der Waals surface area contributed by atoms with Crippen molar-refractivity contribution >= 4 is 10.4 Å². The lowest BCUT2D eigenvalue weighted by molar-refractivity contribution is -0.697. The third kappa shape index (κ3) is 3.58. The lowest BCUT2D eigenvalue weighted by Gasteiger charge is -1.98. The van der Waals surface area contributed by atoms with Gasteiger partial charge in [-0.25, -0.2) is 8.75 Å². The van der Waals surface area contributed by atoms with E-state index in [2.05, 4.69) is 18.8 Å². The van der Waals surface area contributed by atoms with Crippen LogP contribution in [0.5, 0.6) is 0 Å². The van der Waals surface area contributed by atoms with E-state index in [1.807, 2.05) is 0 Å². The second kappa shape index (κ2) is 5.21. The zero-order valence-electron chi connectivity index (χ0n) is 9.13. The molecule has 1 N–H and O–H groups in total. The molecule has 0 saturated carbocycles. The van der Waals surface area contributed by atoms with Crippen LogP contribution in [0.4, 0.5) is 0 Å². The highest BCUT2D eigenvalue weighted by molar-refractivity contribution is 7.80. The van der Waals surface area contributed by atoms with Gasteiger partial charge in [-0.15, -0.1) is 0 Å². The van der Waals surface area contributed by atoms with Crippen molar-refractivity contribution in [3.8, 4) is 11.4 Å². The van der Waals surface area contributed by atoms with Gasteiger partial charge in [0.05, 0.1) is 0 Å². The maximum atomic E-state index is 10.3. The lowest BCUT2D eigenvalue weighted by atomic mass is 10.2. The van der Waals surface area contributed by atoms with E-state index in [-0.39, 0.29) is 13.2 Å². The highest BCUT2D eigenvalue weighted by Crippen LogP contribution is 2.10. The molecule has 9 heteroatoms. The lowest BCUT2D eigenvalue weighted by Crippen LogP contribution is -2.35. The van der Waals surface area contributed by atoms with Gasteiger partial charge in [0.25, 0.3) is 0 Å². The molecule has 2 aromatic heterocycles. The molecule has 0 saturated heterocycles. The fourth-order valence-electron chi connectivity index (χ4n) is 1.30. The summed E-state index contributed by atoms with van der Waals surface area (Å²) < 4.78 is 39.5. The second-order valence-electron chi connectivity index (χ2n) is 3.33. The van der Waals surface area contributed by atoms with E-state index in [0.717, 1.165) is 5.56 Å². The monoisotopic (exact) mass is 272 g/mol. The smallest absolute Gasteiger partial charge is 0.342 e. The average Bonchev–Trinajstić information content (AvgIpc) is 2.82. The molecule has 0 unspecified atom stereocenters. The van der Waals surface area contributed by atoms with Gasteiger partial charge in [0.1, 0.15) is 6.61 Å². The Morgan fingerprint density at radius 1 is 1.39 bits per heavy atom. The molecule has 0 radical (unpaired) electrons. The number of hydrogen-bond donors (Lipinski definition) is 1. The molecule has 0 amide bonds. The molecule has 96 valence electrons. The Kier molecular flexibility index (Phi) is 3.65. The number of rotatable bonds is 5. The topological polar surface area (TPSA) is 106 Å². The molecule has 2 heterocycles. The summed E-state index contributed by atoms with van der Waals surface area (Å²) in [5.41, 5.74) is 0.774. The van der Waals surface area contributed by atoms with E-state index in [1.165, 1.54) is 6.39 Å². The van der Waals surface area contributed by atoms with Gasteiger partial charge in [-0.1, -0.05) is 5.16 Å². The highest BCUT2D eigenvalue weighted by Gasteiger charge is 2.09. The van der Waals surface area contributed by atoms with Crippen LogP contribution in [0.25, 0.3) is 11.4 Å². The van der Waals surface area contributed by atoms with Crippen LogP contribution >= 0.6 is 0 Å². The van der Waals surface area contributed by atoms with Crippen LogP contribution in [0, 0.1) is 0 Å². The fraction of sp³-hybridized carbons (Fsp3) is 0.222. The van der Waals surface area contributed by atoms with Crippen molar-refractivity contribution in [1.82, 2.24) is 10.1 Å². The first-order valence-corrected chi connectivity index (χ1v) is 6.29. The van der Waals surface area contributed by atoms with Crippen molar-refractivity contribution in [2.45, 2.75) is 6.54 Å². The molecule has 0 aliphatic carbocycles. The van der Waals surface area contributed by atoms with E-state index < -0.39 is 10.4 Å². The molecule has 8 nitrogen and oxygen atoms in total. The van der Waals surface area contributed by atoms with E-state index >= 15 is 0 Å². The van der Waals surface area contributed by atoms with Crippen molar-refractivity contribution in [3.05, 3.63) is 30.9 Å². The average molecular weight is 272 g/mol. The van der Waals surface area contributed by atoms with Crippen LogP contribution in [0.2, 0.25) is 0 Å². The number of pyridine rings is 1. The van der Waals surface area contributed by atoms with E-state index in [9.17, 15) is 8.42 Å². The van der Waals surface area contributed by atoms with Gasteiger partial charge >= 0.3 is 10.4 Å². The Balaban J connectivity index is 1.96. The minimum absolute atomic E-state index is 0.148. The van der Waals surface area contributed by atoms with Crippen LogP contribution in [-0.4, -0.2) is 29.7 Å². The van der Waals surface area contributed by atoms with Gasteiger partial charge in [0.15, 0.2) is 18.9 Å². The van der Waals surface area contributed by atoms with Crippen LogP contribution in [-0.2, 0) is 21.1 Å². The Hall–Kier alpha value is -1.84. The highest BCUT2D eigenvalue weighted by atomic mass is 32.3. The molecule has 18 heavy (non-hydrogen) atoms. The van der Waals surface area contributed by atoms with Crippen LogP contribution in [0.3, 0.4) is 0 Å². The van der Waals surface area contributed by atoms with Gasteiger partial charge < -0.3 is 4.52 Å². The van der Waals surface area contributed by atoms with Crippen LogP contribution in [0.1, 0.15) is 0 Å². The maximum Gasteiger partial charge on any atom is 0.397 e. The number of nitrogens with zero attached hydrogens (tertiary/aromatic N) is 3. The first-order chi connectivity index (χ1) is 8.54. The SMILES string of the molecule is O=S(=O)(O)OCC[n+]1ccc(-c2ncon2)cc1. The van der Waals surface area contributed by atoms with Gasteiger partial charge in [0.2, 0.25) is 12.2 Å². The van der Waals surface area contributed by atoms with Crippen molar-refractivity contribution in [2.75, 3.05) is 6.61 Å². The first kappa shape index (κ1) is 12.6. The molecular formula is C9H10N3O5S+. The third-order valence-corrected chi connectivity index (χ3v) is 2.56. The molecular weight excluding hydrogens is 262 g/mol. The summed E-state index contributed by atoms with van der Waals surface area (Å²) in [6, 6.07) is 3.50. The molecule has 0 spiro atoms. The predicted molar refractivity (Wildman–Crippen MR) is 57.4 cm³/mol. The molecule has 0 fully saturated rings. The Labute approximate surface area is 103 Å². The zero-order valence-corrected chi connectivity index (χ0v) is 9.95. The summed E-state index contributed by atoms with van der Waals surface area (Å²) in [5, 5.41) is 3.68. The minimum atomic E-state index is -4.38. The summed E-state index contributed by atoms with van der Waals surface area (Å²) in [6.07, 6.45) is 4.65. The Bertz CT molecular complexity index is 594. The number of aromatic nitrogens is 3. The minimum Gasteiger partial charge on any atom is -0.342 e. The van der Waals surface area contributed by atoms with Gasteiger partial charge in [0, 0.05) is 17.7 Å². The quantitative estimate of drug-likeness (QED) is 0.595. The molecule has 0 aliphatic rings. The normalized spacial score (nSPS) is 11.6. The van der Waals surface area contributed by atoms with Crippen LogP contribution < -0.4 is 4.57 Å². The summed E-state index contributed by atoms with van der Waals surface area (Å²) >= 11 is 0. The predicted octanol–water partition coefficient (Wildman–Crippen LogP) is -0.157. The number of hydrogen-bond acceptors (Lipinski definition) is 6. The largest absolute Gasteiger partial charge is 0.397 e. The zero-order chi connectivity index (χ0) is 13.0. The molecule has 0 aromatic carbocycles. The summed E-state index contributed by atoms with van der Waals surface area (Å²) in [6.45, 7) is 0.136. The molecule has 2 aromatic rings. The van der Waals surface area contributed by atoms with Crippen molar-refractivity contribution < 1.29 is 26.2 Å². The summed E-state index contributed by atoms with van der Waals surface area (Å²) in [5.74, 6) is 0.469. The van der Waals surface area contributed by atoms with Crippen molar-refractivity contribution in [3.63, 3.8) is 0 Å². The second-order valence-corrected chi connectivity index (χ2v) is 4.42. The Morgan fingerprint density at radius 2 is 2.11 bits per heavy atom. The molecule has 0 aliphatic heterocycles. The molecule has 0 atom stereocenters. The van der Waals surface area contributed by atoms with E-state index in [0.29, 0.717) is 5.82 Å². The van der Waals surface area contributed by atoms with Crippen LogP contribution in [0.15, 0.2) is 35.4 Å². The van der Waals surface area contributed by atoms with Gasteiger partial charge in [-0.05, 0) is 0 Å². The van der Waals surface area contributed by atoms with Gasteiger partial charge in [-0.2, -0.15) is 13.4 Å². The summed E-state index contributed by atoms with van der Waals surface area (Å²) in [4.78, 5) is 3.89. The molecule has 2 rings (SSSR count). The van der Waals surface area contributed by atoms with Crippen molar-refractivity contribution in [2.24, 2.45) is 0 Å². The van der Waals surface area contributed by atoms with Crippen molar-refractivity contribution in [1.29, 1.82) is 0 Å². The van der Waals surface area contributed by atoms with E-state index in [1.54, 1.807) is 29.1 Å². The van der Waals surface area contributed by atoms with E-state index in [4.69, 9.17) is 4.55 Å².